The fraction of sp³-hybridized carbons (Fsp3) is 0.800. The average molecular weight is 294 g/mol. The number of hydrazine groups is 1. The third-order valence-electron chi connectivity index (χ3n) is 5.10. The first kappa shape index (κ1) is 14.4. The van der Waals surface area contributed by atoms with Crippen LogP contribution in [0.2, 0.25) is 0 Å². The van der Waals surface area contributed by atoms with Gasteiger partial charge in [-0.25, -0.2) is 4.98 Å². The van der Waals surface area contributed by atoms with E-state index < -0.39 is 0 Å². The topological polar surface area (TPSA) is 54.2 Å². The highest BCUT2D eigenvalue weighted by Gasteiger charge is 2.46. The van der Waals surface area contributed by atoms with Crippen LogP contribution in [0.3, 0.4) is 0 Å². The van der Waals surface area contributed by atoms with Crippen molar-refractivity contribution in [3.8, 4) is 0 Å². The zero-order valence-corrected chi connectivity index (χ0v) is 13.2. The molecule has 1 unspecified atom stereocenters. The van der Waals surface area contributed by atoms with Gasteiger partial charge in [0.15, 0.2) is 0 Å². The minimum Gasteiger partial charge on any atom is -0.296 e. The van der Waals surface area contributed by atoms with Gasteiger partial charge in [0, 0.05) is 29.1 Å². The number of aromatic nitrogens is 1. The minimum atomic E-state index is 0.269. The lowest BCUT2D eigenvalue weighted by atomic mass is 9.84. The smallest absolute Gasteiger partial charge is 0.0944 e. The molecule has 1 atom stereocenters. The standard InChI is InChI=1S/C15H26N4S/c1-12-11-20-14(17-12)10-13(18-16)15(6-2-3-7-15)19-8-4-5-9-19/h11,13,18H,2-10,16H2,1H3. The third-order valence-corrected chi connectivity index (χ3v) is 6.09. The van der Waals surface area contributed by atoms with E-state index in [2.05, 4.69) is 27.6 Å². The van der Waals surface area contributed by atoms with Crippen LogP contribution in [0.5, 0.6) is 0 Å². The van der Waals surface area contributed by atoms with Gasteiger partial charge in [-0.05, 0) is 45.7 Å². The summed E-state index contributed by atoms with van der Waals surface area (Å²) in [6, 6.07) is 0.327. The number of nitrogens with zero attached hydrogens (tertiary/aromatic N) is 2. The Bertz CT molecular complexity index is 433. The Morgan fingerprint density at radius 3 is 2.60 bits per heavy atom. The molecular formula is C15H26N4S. The van der Waals surface area contributed by atoms with Crippen molar-refractivity contribution in [2.24, 2.45) is 5.84 Å². The van der Waals surface area contributed by atoms with E-state index in [9.17, 15) is 0 Å². The van der Waals surface area contributed by atoms with Crippen molar-refractivity contribution in [1.82, 2.24) is 15.3 Å². The lowest BCUT2D eigenvalue weighted by Gasteiger charge is -2.44. The van der Waals surface area contributed by atoms with E-state index in [-0.39, 0.29) is 5.54 Å². The summed E-state index contributed by atoms with van der Waals surface area (Å²) in [7, 11) is 0. The first-order valence-electron chi connectivity index (χ1n) is 7.87. The molecule has 1 aliphatic carbocycles. The maximum Gasteiger partial charge on any atom is 0.0944 e. The predicted molar refractivity (Wildman–Crippen MR) is 83.7 cm³/mol. The molecule has 0 radical (unpaired) electrons. The van der Waals surface area contributed by atoms with E-state index in [1.54, 1.807) is 11.3 Å². The summed E-state index contributed by atoms with van der Waals surface area (Å²) in [5.74, 6) is 5.96. The highest BCUT2D eigenvalue weighted by Crippen LogP contribution is 2.41. The lowest BCUT2D eigenvalue weighted by Crippen LogP contribution is -2.61. The molecule has 0 bridgehead atoms. The van der Waals surface area contributed by atoms with Gasteiger partial charge in [-0.2, -0.15) is 0 Å². The lowest BCUT2D eigenvalue weighted by molar-refractivity contribution is 0.0766. The van der Waals surface area contributed by atoms with Gasteiger partial charge in [0.25, 0.3) is 0 Å². The number of rotatable bonds is 5. The summed E-state index contributed by atoms with van der Waals surface area (Å²) < 4.78 is 0. The average Bonchev–Trinajstić information content (AvgIpc) is 3.17. The molecule has 1 saturated carbocycles. The predicted octanol–water partition coefficient (Wildman–Crippen LogP) is 2.23. The van der Waals surface area contributed by atoms with Gasteiger partial charge < -0.3 is 0 Å². The van der Waals surface area contributed by atoms with Crippen LogP contribution in [0.15, 0.2) is 5.38 Å². The number of nitrogens with one attached hydrogen (secondary N) is 1. The van der Waals surface area contributed by atoms with Crippen molar-refractivity contribution in [3.63, 3.8) is 0 Å². The number of hydrogen-bond donors (Lipinski definition) is 2. The summed E-state index contributed by atoms with van der Waals surface area (Å²) >= 11 is 1.77. The summed E-state index contributed by atoms with van der Waals surface area (Å²) in [5, 5.41) is 3.36. The molecule has 3 rings (SSSR count). The summed E-state index contributed by atoms with van der Waals surface area (Å²) in [4.78, 5) is 7.35. The Morgan fingerprint density at radius 1 is 1.35 bits per heavy atom. The Labute approximate surface area is 125 Å². The van der Waals surface area contributed by atoms with E-state index in [4.69, 9.17) is 5.84 Å². The maximum atomic E-state index is 5.96. The third kappa shape index (κ3) is 2.64. The molecule has 0 amide bonds. The molecule has 2 heterocycles. The second-order valence-electron chi connectivity index (χ2n) is 6.31. The largest absolute Gasteiger partial charge is 0.296 e. The van der Waals surface area contributed by atoms with E-state index in [0.717, 1.165) is 12.1 Å². The number of hydrogen-bond acceptors (Lipinski definition) is 5. The normalized spacial score (nSPS) is 24.3. The van der Waals surface area contributed by atoms with Crippen molar-refractivity contribution in [2.45, 2.75) is 63.5 Å². The Balaban J connectivity index is 1.80. The van der Waals surface area contributed by atoms with Gasteiger partial charge in [0.2, 0.25) is 0 Å². The van der Waals surface area contributed by atoms with Crippen LogP contribution in [-0.2, 0) is 6.42 Å². The Morgan fingerprint density at radius 2 is 2.05 bits per heavy atom. The van der Waals surface area contributed by atoms with Gasteiger partial charge in [-0.1, -0.05) is 12.8 Å². The maximum absolute atomic E-state index is 5.96. The SMILES string of the molecule is Cc1csc(CC(NN)C2(N3CCCC3)CCCC2)n1. The van der Waals surface area contributed by atoms with Gasteiger partial charge >= 0.3 is 0 Å². The van der Waals surface area contributed by atoms with Crippen molar-refractivity contribution in [3.05, 3.63) is 16.1 Å². The summed E-state index contributed by atoms with van der Waals surface area (Å²) in [6.07, 6.45) is 8.89. The first-order valence-corrected chi connectivity index (χ1v) is 8.75. The van der Waals surface area contributed by atoms with Crippen LogP contribution >= 0.6 is 11.3 Å². The van der Waals surface area contributed by atoms with E-state index in [0.29, 0.717) is 6.04 Å². The summed E-state index contributed by atoms with van der Waals surface area (Å²) in [6.45, 7) is 4.56. The van der Waals surface area contributed by atoms with Crippen molar-refractivity contribution < 1.29 is 0 Å². The molecule has 2 aliphatic rings. The second-order valence-corrected chi connectivity index (χ2v) is 7.25. The van der Waals surface area contributed by atoms with Crippen LogP contribution in [0.25, 0.3) is 0 Å². The fourth-order valence-electron chi connectivity index (χ4n) is 4.11. The van der Waals surface area contributed by atoms with Crippen LogP contribution in [0.4, 0.5) is 0 Å². The highest BCUT2D eigenvalue weighted by molar-refractivity contribution is 7.09. The van der Waals surface area contributed by atoms with Crippen LogP contribution < -0.4 is 11.3 Å². The minimum absolute atomic E-state index is 0.269. The molecule has 1 saturated heterocycles. The molecule has 2 fully saturated rings. The van der Waals surface area contributed by atoms with E-state index in [1.165, 1.54) is 56.6 Å². The summed E-state index contributed by atoms with van der Waals surface area (Å²) in [5.41, 5.74) is 4.54. The molecule has 1 aromatic heterocycles. The molecule has 1 aliphatic heterocycles. The molecule has 20 heavy (non-hydrogen) atoms. The number of nitrogens with two attached hydrogens (primary N) is 1. The van der Waals surface area contributed by atoms with Crippen LogP contribution in [0, 0.1) is 6.92 Å². The molecule has 4 nitrogen and oxygen atoms in total. The van der Waals surface area contributed by atoms with Crippen LogP contribution in [0.1, 0.15) is 49.2 Å². The monoisotopic (exact) mass is 294 g/mol. The van der Waals surface area contributed by atoms with Crippen molar-refractivity contribution >= 4 is 11.3 Å². The molecular weight excluding hydrogens is 268 g/mol. The Hall–Kier alpha value is -0.490. The zero-order valence-electron chi connectivity index (χ0n) is 12.4. The highest BCUT2D eigenvalue weighted by atomic mass is 32.1. The molecule has 112 valence electrons. The molecule has 5 heteroatoms. The zero-order chi connectivity index (χ0) is 14.0. The van der Waals surface area contributed by atoms with Crippen molar-refractivity contribution in [1.29, 1.82) is 0 Å². The molecule has 0 aromatic carbocycles. The Kier molecular flexibility index (Phi) is 4.40. The second kappa shape index (κ2) is 6.10. The molecule has 3 N–H and O–H groups in total. The number of likely N-dealkylation sites (tertiary alicyclic amines) is 1. The fourth-order valence-corrected chi connectivity index (χ4v) is 4.93. The quantitative estimate of drug-likeness (QED) is 0.646. The number of thiazole rings is 1. The first-order chi connectivity index (χ1) is 9.74. The van der Waals surface area contributed by atoms with Gasteiger partial charge in [0.05, 0.1) is 5.01 Å². The van der Waals surface area contributed by atoms with Crippen LogP contribution in [-0.4, -0.2) is 34.6 Å². The number of aryl methyl sites for hydroxylation is 1. The van der Waals surface area contributed by atoms with Gasteiger partial charge in [-0.15, -0.1) is 11.3 Å². The van der Waals surface area contributed by atoms with E-state index >= 15 is 0 Å². The molecule has 0 spiro atoms. The van der Waals surface area contributed by atoms with E-state index in [1.807, 2.05) is 0 Å². The molecule has 1 aromatic rings. The van der Waals surface area contributed by atoms with Crippen molar-refractivity contribution in [2.75, 3.05) is 13.1 Å². The van der Waals surface area contributed by atoms with Gasteiger partial charge in [0.1, 0.15) is 0 Å². The van der Waals surface area contributed by atoms with Gasteiger partial charge in [-0.3, -0.25) is 16.2 Å².